The fraction of sp³-hybridized carbons (Fsp3) is 0.431. The number of halogens is 2. The van der Waals surface area contributed by atoms with Crippen molar-refractivity contribution in [1.29, 1.82) is 0 Å². The van der Waals surface area contributed by atoms with Crippen LogP contribution in [0.4, 0.5) is 8.78 Å². The van der Waals surface area contributed by atoms with Crippen molar-refractivity contribution >= 4 is 26.5 Å². The number of amides is 1. The molecule has 69 heavy (non-hydrogen) atoms. The Bertz CT molecular complexity index is 3520. The number of carbonyl (C=O) groups is 1. The van der Waals surface area contributed by atoms with Crippen molar-refractivity contribution in [2.45, 2.75) is 120 Å². The fourth-order valence-corrected chi connectivity index (χ4v) is 13.8. The van der Waals surface area contributed by atoms with Gasteiger partial charge in [0.2, 0.25) is 0 Å². The first kappa shape index (κ1) is 45.1. The average molecular weight is 960 g/mol. The molecule has 1 saturated heterocycles. The monoisotopic (exact) mass is 959 g/mol. The predicted molar refractivity (Wildman–Crippen MR) is 255 cm³/mol. The number of ether oxygens (including phenoxy) is 1. The molecule has 0 radical (unpaired) electrons. The van der Waals surface area contributed by atoms with Gasteiger partial charge in [-0.05, 0) is 145 Å². The first-order valence-electron chi connectivity index (χ1n) is 23.7. The Morgan fingerprint density at radius 1 is 0.942 bits per heavy atom. The minimum absolute atomic E-state index is 0.0149. The molecule has 2 aliphatic carbocycles. The van der Waals surface area contributed by atoms with Crippen molar-refractivity contribution in [2.24, 2.45) is 10.3 Å². The highest BCUT2D eigenvalue weighted by molar-refractivity contribution is 7.94. The molecule has 1 N–H and O–H groups in total. The van der Waals surface area contributed by atoms with Crippen LogP contribution < -0.4 is 11.4 Å². The lowest BCUT2D eigenvalue weighted by Gasteiger charge is -2.35. The third-order valence-electron chi connectivity index (χ3n) is 15.3. The molecule has 2 saturated carbocycles. The number of imidazole rings is 1. The topological polar surface area (TPSA) is 168 Å². The number of nitrogens with zero attached hydrogens (tertiary/aromatic N) is 8. The molecule has 15 nitrogen and oxygen atoms in total. The van der Waals surface area contributed by atoms with Crippen LogP contribution in [0.2, 0.25) is 0 Å². The zero-order chi connectivity index (χ0) is 48.6. The largest absolute Gasteiger partial charge is 0.438 e. The van der Waals surface area contributed by atoms with E-state index >= 15 is 13.6 Å². The second-order valence-corrected chi connectivity index (χ2v) is 22.8. The molecule has 1 amide bonds. The number of fused-ring (bicyclic) bond motifs is 2. The van der Waals surface area contributed by atoms with E-state index in [0.717, 1.165) is 42.1 Å². The number of rotatable bonds is 9. The Morgan fingerprint density at radius 2 is 1.67 bits per heavy atom. The number of aryl methyl sites for hydroxylation is 2. The van der Waals surface area contributed by atoms with Crippen molar-refractivity contribution in [2.75, 3.05) is 20.2 Å². The van der Waals surface area contributed by atoms with Crippen molar-refractivity contribution in [3.05, 3.63) is 139 Å². The molecule has 0 unspecified atom stereocenters. The molecular weight excluding hydrogens is 905 g/mol. The molecule has 2 aliphatic heterocycles. The van der Waals surface area contributed by atoms with Gasteiger partial charge in [0, 0.05) is 66.3 Å². The van der Waals surface area contributed by atoms with Crippen LogP contribution in [0.15, 0.2) is 84.3 Å². The number of nitrogens with one attached hydrogen (secondary N) is 1. The molecule has 0 bridgehead atoms. The number of carbonyl (C=O) groups excluding carboxylic acids is 1. The number of H-pyrrole nitrogens is 1. The lowest BCUT2D eigenvalue weighted by atomic mass is 9.83. The molecule has 4 aliphatic rings. The summed E-state index contributed by atoms with van der Waals surface area (Å²) in [5.74, 6) is -1.12. The van der Waals surface area contributed by atoms with E-state index in [1.807, 2.05) is 17.6 Å². The van der Waals surface area contributed by atoms with Crippen LogP contribution in [-0.4, -0.2) is 79.7 Å². The van der Waals surface area contributed by atoms with Gasteiger partial charge in [-0.1, -0.05) is 18.1 Å². The van der Waals surface area contributed by atoms with E-state index in [0.29, 0.717) is 69.8 Å². The molecule has 18 heteroatoms. The summed E-state index contributed by atoms with van der Waals surface area (Å²) < 4.78 is 67.2. The maximum absolute atomic E-state index is 16.5. The van der Waals surface area contributed by atoms with Gasteiger partial charge >= 0.3 is 11.4 Å². The standard InChI is InChI=1S/C51H55F2N9O6S/c1-27-21-35(22-28(2)43(27)52)62-45(60-19-18-59(49(60)65)39-13-14-41(30(4)44(39)53)69(66,54-8)36-10-11-36)42-31(5)58(17-15-37(42)56-62)46(63)40-24-34-23-32(33-16-20-67-50(6,7)26-33)9-12-38(34)61(40)51(25-29(51)3)47-55-48(64)68-57-47/h9,12-14,18-19,21-24,29,31,33,36H,10-11,15-17,20,25-26H2,1-8H3,(H,55,57,64)/t29-,31-,33-,51-,69-/m0/s1. The molecule has 6 heterocycles. The van der Waals surface area contributed by atoms with Crippen LogP contribution in [0.5, 0.6) is 0 Å². The lowest BCUT2D eigenvalue weighted by Crippen LogP contribution is -2.41. The van der Waals surface area contributed by atoms with E-state index in [9.17, 15) is 13.8 Å². The first-order valence-corrected chi connectivity index (χ1v) is 25.2. The Kier molecular flexibility index (Phi) is 10.3. The van der Waals surface area contributed by atoms with Gasteiger partial charge in [-0.3, -0.25) is 23.4 Å². The third kappa shape index (κ3) is 6.94. The quantitative estimate of drug-likeness (QED) is 0.150. The minimum Gasteiger partial charge on any atom is -0.376 e. The summed E-state index contributed by atoms with van der Waals surface area (Å²) in [5, 5.41) is 9.98. The van der Waals surface area contributed by atoms with E-state index in [1.165, 1.54) is 34.6 Å². The maximum Gasteiger partial charge on any atom is 0.438 e. The molecular formula is C51H55F2N9O6S. The molecule has 5 atom stereocenters. The van der Waals surface area contributed by atoms with Gasteiger partial charge in [0.15, 0.2) is 11.6 Å². The van der Waals surface area contributed by atoms with Gasteiger partial charge in [-0.15, -0.1) is 0 Å². The molecule has 0 spiro atoms. The summed E-state index contributed by atoms with van der Waals surface area (Å²) >= 11 is 0. The fourth-order valence-electron chi connectivity index (χ4n) is 11.4. The Labute approximate surface area is 397 Å². The summed E-state index contributed by atoms with van der Waals surface area (Å²) in [6, 6.07) is 14.0. The third-order valence-corrected chi connectivity index (χ3v) is 18.2. The Hall–Kier alpha value is -6.40. The number of benzene rings is 3. The summed E-state index contributed by atoms with van der Waals surface area (Å²) in [4.78, 5) is 47.8. The molecule has 11 rings (SSSR count). The number of hydrogen-bond donors (Lipinski definition) is 1. The van der Waals surface area contributed by atoms with Crippen molar-refractivity contribution in [3.8, 4) is 17.2 Å². The Balaban J connectivity index is 1.05. The van der Waals surface area contributed by atoms with Gasteiger partial charge in [0.1, 0.15) is 22.9 Å². The summed E-state index contributed by atoms with van der Waals surface area (Å²) in [7, 11) is -1.35. The highest BCUT2D eigenvalue weighted by Gasteiger charge is 2.59. The minimum atomic E-state index is -2.85. The highest BCUT2D eigenvalue weighted by atomic mass is 32.2. The van der Waals surface area contributed by atoms with Gasteiger partial charge in [-0.25, -0.2) is 31.6 Å². The van der Waals surface area contributed by atoms with Crippen LogP contribution in [0.3, 0.4) is 0 Å². The van der Waals surface area contributed by atoms with Gasteiger partial charge < -0.3 is 14.2 Å². The van der Waals surface area contributed by atoms with Crippen molar-refractivity contribution < 1.29 is 27.0 Å². The molecule has 7 aromatic rings. The summed E-state index contributed by atoms with van der Waals surface area (Å²) in [5.41, 5.74) is 3.23. The molecule has 360 valence electrons. The zero-order valence-corrected chi connectivity index (χ0v) is 40.7. The van der Waals surface area contributed by atoms with Crippen LogP contribution in [0, 0.1) is 38.3 Å². The van der Waals surface area contributed by atoms with Crippen LogP contribution in [-0.2, 0) is 26.4 Å². The lowest BCUT2D eigenvalue weighted by molar-refractivity contribution is -0.0592. The molecule has 3 aromatic carbocycles. The Morgan fingerprint density at radius 3 is 2.32 bits per heavy atom. The average Bonchev–Trinajstić information content (AvgIpc) is 4.05. The van der Waals surface area contributed by atoms with E-state index in [-0.39, 0.29) is 52.2 Å². The van der Waals surface area contributed by atoms with Crippen molar-refractivity contribution in [1.82, 2.24) is 38.5 Å². The maximum atomic E-state index is 16.5. The SMILES string of the molecule is CN=[S@@](=O)(c1ccc(-n2ccn(-c3c4c(nn3-c3cc(C)c(F)c(C)c3)CCN(C(=O)c3cc5cc([C@H]6CCOC(C)(C)C6)ccc5n3[C@@]3(c5noc(=O)[nH]5)C[C@@H]3C)[C@H]4C)c2=O)c(F)c1C)C1CC1. The normalized spacial score (nSPS) is 23.0. The first-order chi connectivity index (χ1) is 32.9. The second-order valence-electron chi connectivity index (χ2n) is 20.2. The predicted octanol–water partition coefficient (Wildman–Crippen LogP) is 8.48. The van der Waals surface area contributed by atoms with Crippen LogP contribution in [0.1, 0.15) is 122 Å². The molecule has 3 fully saturated rings. The van der Waals surface area contributed by atoms with Gasteiger partial charge in [0.05, 0.1) is 43.3 Å². The van der Waals surface area contributed by atoms with E-state index in [2.05, 4.69) is 53.5 Å². The summed E-state index contributed by atoms with van der Waals surface area (Å²) in [6.07, 6.45) is 7.14. The number of aromatic nitrogens is 7. The smallest absolute Gasteiger partial charge is 0.376 e. The zero-order valence-electron chi connectivity index (χ0n) is 39.9. The second kappa shape index (κ2) is 15.8. The highest BCUT2D eigenvalue weighted by Crippen LogP contribution is 2.56. The van der Waals surface area contributed by atoms with E-state index in [4.69, 9.17) is 14.4 Å². The number of aromatic amines is 1. The van der Waals surface area contributed by atoms with E-state index in [1.54, 1.807) is 48.6 Å². The number of hydrogen-bond acceptors (Lipinski definition) is 9. The van der Waals surface area contributed by atoms with Crippen LogP contribution in [0.25, 0.3) is 28.1 Å². The van der Waals surface area contributed by atoms with Crippen molar-refractivity contribution in [3.63, 3.8) is 0 Å². The van der Waals surface area contributed by atoms with Gasteiger partial charge in [-0.2, -0.15) is 5.10 Å². The van der Waals surface area contributed by atoms with Crippen LogP contribution >= 0.6 is 0 Å². The van der Waals surface area contributed by atoms with E-state index < -0.39 is 38.6 Å². The summed E-state index contributed by atoms with van der Waals surface area (Å²) in [6.45, 7) is 14.0. The molecule has 4 aromatic heterocycles. The van der Waals surface area contributed by atoms with Gasteiger partial charge in [0.25, 0.3) is 5.91 Å².